The van der Waals surface area contributed by atoms with Crippen molar-refractivity contribution in [1.29, 1.82) is 0 Å². The van der Waals surface area contributed by atoms with Gasteiger partial charge in [0.2, 0.25) is 0 Å². The van der Waals surface area contributed by atoms with Crippen molar-refractivity contribution in [3.8, 4) is 5.75 Å². The largest absolute Gasteiger partial charge is 0.491 e. The van der Waals surface area contributed by atoms with Crippen molar-refractivity contribution in [1.82, 2.24) is 10.6 Å². The minimum Gasteiger partial charge on any atom is -0.491 e. The first kappa shape index (κ1) is 17.9. The fourth-order valence-electron chi connectivity index (χ4n) is 2.14. The molecular weight excluding hydrogens is 320 g/mol. The van der Waals surface area contributed by atoms with E-state index in [0.717, 1.165) is 12.2 Å². The molecule has 24 heavy (non-hydrogen) atoms. The predicted octanol–water partition coefficient (Wildman–Crippen LogP) is 3.32. The number of nitrogens with one attached hydrogen (secondary N) is 2. The molecule has 0 atom stereocenters. The average Bonchev–Trinajstić information content (AvgIpc) is 2.56. The summed E-state index contributed by atoms with van der Waals surface area (Å²) in [6.45, 7) is 4.59. The van der Waals surface area contributed by atoms with Crippen LogP contribution in [0.3, 0.4) is 0 Å². The van der Waals surface area contributed by atoms with E-state index in [1.165, 1.54) is 5.56 Å². The van der Waals surface area contributed by atoms with Gasteiger partial charge in [0.05, 0.1) is 6.10 Å². The highest BCUT2D eigenvalue weighted by Gasteiger charge is 2.08. The smallest absolute Gasteiger partial charge is 0.257 e. The molecule has 1 amide bonds. The zero-order valence-electron chi connectivity index (χ0n) is 13.9. The first-order chi connectivity index (χ1) is 11.5. The lowest BCUT2D eigenvalue weighted by Crippen LogP contribution is -2.40. The number of thiocarbonyl (C=S) groups is 1. The molecule has 126 valence electrons. The van der Waals surface area contributed by atoms with Crippen LogP contribution in [0.4, 0.5) is 0 Å². The van der Waals surface area contributed by atoms with Crippen LogP contribution >= 0.6 is 12.2 Å². The number of carbonyl (C=O) groups is 1. The van der Waals surface area contributed by atoms with Gasteiger partial charge in [-0.2, -0.15) is 0 Å². The van der Waals surface area contributed by atoms with Crippen LogP contribution in [-0.2, 0) is 6.42 Å². The zero-order chi connectivity index (χ0) is 17.4. The Morgan fingerprint density at radius 2 is 1.75 bits per heavy atom. The number of hydrogen-bond acceptors (Lipinski definition) is 3. The van der Waals surface area contributed by atoms with Gasteiger partial charge >= 0.3 is 0 Å². The van der Waals surface area contributed by atoms with Crippen LogP contribution in [0.5, 0.6) is 5.75 Å². The van der Waals surface area contributed by atoms with Gasteiger partial charge in [-0.25, -0.2) is 0 Å². The second kappa shape index (κ2) is 9.03. The maximum absolute atomic E-state index is 12.1. The van der Waals surface area contributed by atoms with Gasteiger partial charge in [0, 0.05) is 12.1 Å². The molecule has 2 rings (SSSR count). The molecule has 0 aliphatic carbocycles. The Kier molecular flexibility index (Phi) is 6.75. The lowest BCUT2D eigenvalue weighted by atomic mass is 10.1. The van der Waals surface area contributed by atoms with E-state index in [1.807, 2.05) is 32.0 Å². The van der Waals surface area contributed by atoms with Gasteiger partial charge in [-0.1, -0.05) is 30.3 Å². The predicted molar refractivity (Wildman–Crippen MR) is 100 cm³/mol. The van der Waals surface area contributed by atoms with Crippen molar-refractivity contribution < 1.29 is 9.53 Å². The second-order valence-electron chi connectivity index (χ2n) is 5.64. The number of ether oxygens (including phenoxy) is 1. The van der Waals surface area contributed by atoms with Crippen molar-refractivity contribution in [3.05, 3.63) is 65.7 Å². The minimum absolute atomic E-state index is 0.103. The van der Waals surface area contributed by atoms with Gasteiger partial charge in [0.15, 0.2) is 5.11 Å². The zero-order valence-corrected chi connectivity index (χ0v) is 14.7. The summed E-state index contributed by atoms with van der Waals surface area (Å²) in [5.41, 5.74) is 1.76. The maximum atomic E-state index is 12.1. The first-order valence-corrected chi connectivity index (χ1v) is 8.35. The van der Waals surface area contributed by atoms with Crippen LogP contribution in [0.25, 0.3) is 0 Å². The molecule has 4 nitrogen and oxygen atoms in total. The average molecular weight is 342 g/mol. The summed E-state index contributed by atoms with van der Waals surface area (Å²) >= 11 is 5.16. The molecule has 0 bridgehead atoms. The summed E-state index contributed by atoms with van der Waals surface area (Å²) in [5, 5.41) is 6.06. The molecule has 2 aromatic carbocycles. The van der Waals surface area contributed by atoms with E-state index in [9.17, 15) is 4.79 Å². The van der Waals surface area contributed by atoms with Gasteiger partial charge in [0.1, 0.15) is 5.75 Å². The molecule has 0 saturated carbocycles. The van der Waals surface area contributed by atoms with Gasteiger partial charge < -0.3 is 10.1 Å². The molecule has 0 saturated heterocycles. The SMILES string of the molecule is CC(C)Oc1ccc(C(=O)NC(=S)NCCc2ccccc2)cc1. The second-order valence-corrected chi connectivity index (χ2v) is 6.04. The number of rotatable bonds is 6. The van der Waals surface area contributed by atoms with Crippen molar-refractivity contribution >= 4 is 23.2 Å². The molecule has 0 aromatic heterocycles. The number of benzene rings is 2. The van der Waals surface area contributed by atoms with E-state index in [-0.39, 0.29) is 12.0 Å². The molecule has 0 spiro atoms. The Balaban J connectivity index is 1.77. The molecule has 0 radical (unpaired) electrons. The molecule has 2 N–H and O–H groups in total. The highest BCUT2D eigenvalue weighted by atomic mass is 32.1. The molecule has 0 aliphatic rings. The van der Waals surface area contributed by atoms with E-state index in [2.05, 4.69) is 22.8 Å². The summed E-state index contributed by atoms with van der Waals surface area (Å²) < 4.78 is 5.56. The van der Waals surface area contributed by atoms with Crippen molar-refractivity contribution in [2.45, 2.75) is 26.4 Å². The third-order valence-corrected chi connectivity index (χ3v) is 3.50. The van der Waals surface area contributed by atoms with Crippen molar-refractivity contribution in [3.63, 3.8) is 0 Å². The standard InChI is InChI=1S/C19H22N2O2S/c1-14(2)23-17-10-8-16(9-11-17)18(22)21-19(24)20-13-12-15-6-4-3-5-7-15/h3-11,14H,12-13H2,1-2H3,(H2,20,21,22,24). The normalized spacial score (nSPS) is 10.3. The highest BCUT2D eigenvalue weighted by molar-refractivity contribution is 7.80. The molecule has 2 aromatic rings. The Labute approximate surface area is 148 Å². The van der Waals surface area contributed by atoms with Crippen LogP contribution in [-0.4, -0.2) is 23.7 Å². The van der Waals surface area contributed by atoms with E-state index >= 15 is 0 Å². The van der Waals surface area contributed by atoms with Crippen LogP contribution < -0.4 is 15.4 Å². The fraction of sp³-hybridized carbons (Fsp3) is 0.263. The Morgan fingerprint density at radius 1 is 1.08 bits per heavy atom. The highest BCUT2D eigenvalue weighted by Crippen LogP contribution is 2.13. The Bertz CT molecular complexity index is 670. The first-order valence-electron chi connectivity index (χ1n) is 7.94. The maximum Gasteiger partial charge on any atom is 0.257 e. The fourth-order valence-corrected chi connectivity index (χ4v) is 2.34. The van der Waals surface area contributed by atoms with Crippen LogP contribution in [0, 0.1) is 0 Å². The van der Waals surface area contributed by atoms with Gasteiger partial charge in [-0.3, -0.25) is 10.1 Å². The summed E-state index contributed by atoms with van der Waals surface area (Å²) in [5.74, 6) is 0.508. The molecule has 0 fully saturated rings. The third kappa shape index (κ3) is 6.01. The summed E-state index contributed by atoms with van der Waals surface area (Å²) in [6.07, 6.45) is 0.948. The Morgan fingerprint density at radius 3 is 2.38 bits per heavy atom. The van der Waals surface area contributed by atoms with Gasteiger partial charge in [0.25, 0.3) is 5.91 Å². The summed E-state index contributed by atoms with van der Waals surface area (Å²) in [4.78, 5) is 12.1. The van der Waals surface area contributed by atoms with Crippen LogP contribution in [0.2, 0.25) is 0 Å². The lowest BCUT2D eigenvalue weighted by molar-refractivity contribution is 0.0976. The number of carbonyl (C=O) groups excluding carboxylic acids is 1. The lowest BCUT2D eigenvalue weighted by Gasteiger charge is -2.11. The number of amides is 1. The summed E-state index contributed by atoms with van der Waals surface area (Å²) in [7, 11) is 0. The third-order valence-electron chi connectivity index (χ3n) is 3.26. The quantitative estimate of drug-likeness (QED) is 0.791. The molecule has 5 heteroatoms. The monoisotopic (exact) mass is 342 g/mol. The van der Waals surface area contributed by atoms with Crippen molar-refractivity contribution in [2.75, 3.05) is 6.54 Å². The van der Waals surface area contributed by atoms with E-state index in [0.29, 0.717) is 17.2 Å². The molecule has 0 aliphatic heterocycles. The van der Waals surface area contributed by atoms with E-state index < -0.39 is 0 Å². The van der Waals surface area contributed by atoms with Gasteiger partial charge in [-0.15, -0.1) is 0 Å². The topological polar surface area (TPSA) is 50.4 Å². The van der Waals surface area contributed by atoms with Crippen LogP contribution in [0.1, 0.15) is 29.8 Å². The minimum atomic E-state index is -0.233. The van der Waals surface area contributed by atoms with E-state index in [1.54, 1.807) is 24.3 Å². The molecular formula is C19H22N2O2S. The van der Waals surface area contributed by atoms with E-state index in [4.69, 9.17) is 17.0 Å². The molecule has 0 heterocycles. The van der Waals surface area contributed by atoms with Crippen molar-refractivity contribution in [2.24, 2.45) is 0 Å². The Hall–Kier alpha value is -2.40. The van der Waals surface area contributed by atoms with Crippen LogP contribution in [0.15, 0.2) is 54.6 Å². The number of hydrogen-bond donors (Lipinski definition) is 2. The molecule has 0 unspecified atom stereocenters. The summed E-state index contributed by atoms with van der Waals surface area (Å²) in [6, 6.07) is 17.1. The van der Waals surface area contributed by atoms with Gasteiger partial charge in [-0.05, 0) is 62.3 Å².